The second-order valence-electron chi connectivity index (χ2n) is 5.75. The molecule has 1 saturated heterocycles. The highest BCUT2D eigenvalue weighted by atomic mass is 19.1. The summed E-state index contributed by atoms with van der Waals surface area (Å²) in [7, 11) is 1.22. The van der Waals surface area contributed by atoms with Gasteiger partial charge in [-0.2, -0.15) is 0 Å². The molecule has 1 fully saturated rings. The molecule has 0 aromatic rings. The molecule has 1 heterocycles. The average molecular weight is 271 g/mol. The van der Waals surface area contributed by atoms with Gasteiger partial charge < -0.3 is 9.47 Å². The Morgan fingerprint density at radius 1 is 1.26 bits per heavy atom. The van der Waals surface area contributed by atoms with E-state index in [-0.39, 0.29) is 0 Å². The van der Waals surface area contributed by atoms with Gasteiger partial charge in [0, 0.05) is 5.92 Å². The van der Waals surface area contributed by atoms with Crippen molar-refractivity contribution in [3.63, 3.8) is 0 Å². The Labute approximate surface area is 111 Å². The minimum atomic E-state index is -1.28. The SMILES string of the molecule is COC(=O)[C@@H]1C2C=CC(C2F)N1C(=O)OC(C)(C)C. The molecule has 0 spiro atoms. The molecule has 3 unspecified atom stereocenters. The van der Waals surface area contributed by atoms with E-state index < -0.39 is 41.8 Å². The highest BCUT2D eigenvalue weighted by Gasteiger charge is 2.57. The van der Waals surface area contributed by atoms with Crippen molar-refractivity contribution >= 4 is 12.1 Å². The molecule has 106 valence electrons. The number of rotatable bonds is 1. The number of likely N-dealkylation sites (tertiary alicyclic amines) is 1. The first-order valence-corrected chi connectivity index (χ1v) is 6.18. The first-order chi connectivity index (χ1) is 8.76. The Hall–Kier alpha value is -1.59. The number of hydrogen-bond acceptors (Lipinski definition) is 4. The second kappa shape index (κ2) is 4.51. The van der Waals surface area contributed by atoms with Crippen LogP contribution in [0.1, 0.15) is 20.8 Å². The Balaban J connectivity index is 2.24. The summed E-state index contributed by atoms with van der Waals surface area (Å²) in [6.45, 7) is 5.15. The zero-order valence-electron chi connectivity index (χ0n) is 11.4. The molecule has 2 bridgehead atoms. The number of carbonyl (C=O) groups is 2. The highest BCUT2D eigenvalue weighted by molar-refractivity contribution is 5.84. The Kier molecular flexibility index (Phi) is 3.28. The van der Waals surface area contributed by atoms with Crippen molar-refractivity contribution in [2.24, 2.45) is 5.92 Å². The molecule has 1 aliphatic carbocycles. The van der Waals surface area contributed by atoms with Gasteiger partial charge in [0.05, 0.1) is 13.2 Å². The van der Waals surface area contributed by atoms with E-state index in [4.69, 9.17) is 4.74 Å². The van der Waals surface area contributed by atoms with Gasteiger partial charge >= 0.3 is 12.1 Å². The summed E-state index contributed by atoms with van der Waals surface area (Å²) in [4.78, 5) is 25.0. The predicted octanol–water partition coefficient (Wildman–Crippen LogP) is 1.67. The molecule has 0 N–H and O–H groups in total. The van der Waals surface area contributed by atoms with Crippen molar-refractivity contribution in [2.45, 2.75) is 44.6 Å². The average Bonchev–Trinajstić information content (AvgIpc) is 2.79. The van der Waals surface area contributed by atoms with Crippen LogP contribution in [0.25, 0.3) is 0 Å². The lowest BCUT2D eigenvalue weighted by atomic mass is 10.0. The quantitative estimate of drug-likeness (QED) is 0.538. The lowest BCUT2D eigenvalue weighted by Crippen LogP contribution is -2.49. The van der Waals surface area contributed by atoms with Gasteiger partial charge in [0.1, 0.15) is 17.8 Å². The fourth-order valence-electron chi connectivity index (χ4n) is 2.52. The Morgan fingerprint density at radius 3 is 2.42 bits per heavy atom. The summed E-state index contributed by atoms with van der Waals surface area (Å²) in [6.07, 6.45) is 1.25. The van der Waals surface area contributed by atoms with E-state index in [0.29, 0.717) is 0 Å². The molecule has 2 rings (SSSR count). The molecule has 5 nitrogen and oxygen atoms in total. The maximum atomic E-state index is 14.0. The molecule has 0 aromatic heterocycles. The lowest BCUT2D eigenvalue weighted by Gasteiger charge is -2.32. The van der Waals surface area contributed by atoms with Gasteiger partial charge in [-0.3, -0.25) is 4.90 Å². The van der Waals surface area contributed by atoms with Crippen LogP contribution in [-0.4, -0.2) is 47.9 Å². The topological polar surface area (TPSA) is 55.8 Å². The van der Waals surface area contributed by atoms with Crippen LogP contribution in [-0.2, 0) is 14.3 Å². The monoisotopic (exact) mass is 271 g/mol. The molecule has 4 atom stereocenters. The van der Waals surface area contributed by atoms with Crippen molar-refractivity contribution in [1.29, 1.82) is 0 Å². The van der Waals surface area contributed by atoms with Crippen LogP contribution in [0.4, 0.5) is 9.18 Å². The fraction of sp³-hybridized carbons (Fsp3) is 0.692. The third-order valence-electron chi connectivity index (χ3n) is 3.26. The fourth-order valence-corrected chi connectivity index (χ4v) is 2.52. The summed E-state index contributed by atoms with van der Waals surface area (Å²) in [5, 5.41) is 0. The summed E-state index contributed by atoms with van der Waals surface area (Å²) in [6, 6.07) is -1.69. The largest absolute Gasteiger partial charge is 0.467 e. The van der Waals surface area contributed by atoms with Crippen LogP contribution in [0.5, 0.6) is 0 Å². The molecule has 19 heavy (non-hydrogen) atoms. The van der Waals surface area contributed by atoms with E-state index >= 15 is 0 Å². The highest BCUT2D eigenvalue weighted by Crippen LogP contribution is 2.40. The molecule has 1 amide bonds. The van der Waals surface area contributed by atoms with Crippen LogP contribution in [0.15, 0.2) is 12.2 Å². The lowest BCUT2D eigenvalue weighted by molar-refractivity contribution is -0.147. The number of alkyl halides is 1. The zero-order valence-corrected chi connectivity index (χ0v) is 11.4. The van der Waals surface area contributed by atoms with Crippen molar-refractivity contribution in [3.05, 3.63) is 12.2 Å². The number of carbonyl (C=O) groups excluding carboxylic acids is 2. The molecule has 0 aromatic carbocycles. The van der Waals surface area contributed by atoms with E-state index in [9.17, 15) is 14.0 Å². The smallest absolute Gasteiger partial charge is 0.411 e. The third-order valence-corrected chi connectivity index (χ3v) is 3.26. The first kappa shape index (κ1) is 13.8. The third kappa shape index (κ3) is 2.31. The number of ether oxygens (including phenoxy) is 2. The first-order valence-electron chi connectivity index (χ1n) is 6.18. The molecule has 0 saturated carbocycles. The van der Waals surface area contributed by atoms with Gasteiger partial charge in [-0.05, 0) is 20.8 Å². The van der Waals surface area contributed by atoms with E-state index in [2.05, 4.69) is 4.74 Å². The minimum absolute atomic E-state index is 0.620. The van der Waals surface area contributed by atoms with Gasteiger partial charge in [0.15, 0.2) is 0 Å². The predicted molar refractivity (Wildman–Crippen MR) is 65.2 cm³/mol. The standard InChI is InChI=1S/C13H18FNO4/c1-13(2,3)19-12(17)15-8-6-5-7(9(8)14)10(15)11(16)18-4/h5-10H,1-4H3/t7?,8?,9?,10-/m0/s1. The van der Waals surface area contributed by atoms with Gasteiger partial charge in [-0.25, -0.2) is 14.0 Å². The van der Waals surface area contributed by atoms with E-state index in [1.54, 1.807) is 32.9 Å². The van der Waals surface area contributed by atoms with E-state index in [0.717, 1.165) is 4.90 Å². The van der Waals surface area contributed by atoms with Crippen LogP contribution in [0.3, 0.4) is 0 Å². The zero-order chi connectivity index (χ0) is 14.4. The van der Waals surface area contributed by atoms with Gasteiger partial charge in [0.2, 0.25) is 0 Å². The van der Waals surface area contributed by atoms with Crippen molar-refractivity contribution in [3.8, 4) is 0 Å². The van der Waals surface area contributed by atoms with Gasteiger partial charge in [-0.15, -0.1) is 0 Å². The molecular formula is C13H18FNO4. The van der Waals surface area contributed by atoms with E-state index in [1.807, 2.05) is 0 Å². The van der Waals surface area contributed by atoms with Crippen LogP contribution >= 0.6 is 0 Å². The summed E-state index contributed by atoms with van der Waals surface area (Å²) >= 11 is 0. The van der Waals surface area contributed by atoms with Gasteiger partial charge in [-0.1, -0.05) is 12.2 Å². The maximum absolute atomic E-state index is 14.0. The number of fused-ring (bicyclic) bond motifs is 2. The van der Waals surface area contributed by atoms with Crippen LogP contribution in [0.2, 0.25) is 0 Å². The number of hydrogen-bond donors (Lipinski definition) is 0. The summed E-state index contributed by atoms with van der Waals surface area (Å²) in [5.74, 6) is -1.27. The van der Waals surface area contributed by atoms with Gasteiger partial charge in [0.25, 0.3) is 0 Å². The molecule has 2 aliphatic rings. The maximum Gasteiger partial charge on any atom is 0.411 e. The van der Waals surface area contributed by atoms with Crippen molar-refractivity contribution in [2.75, 3.05) is 7.11 Å². The number of amides is 1. The summed E-state index contributed by atoms with van der Waals surface area (Å²) in [5.41, 5.74) is -0.699. The number of esters is 1. The van der Waals surface area contributed by atoms with Crippen molar-refractivity contribution < 1.29 is 23.5 Å². The Bertz CT molecular complexity index is 429. The normalized spacial score (nSPS) is 32.6. The van der Waals surface area contributed by atoms with Crippen molar-refractivity contribution in [1.82, 2.24) is 4.90 Å². The molecular weight excluding hydrogens is 253 g/mol. The molecule has 6 heteroatoms. The second-order valence-corrected chi connectivity index (χ2v) is 5.75. The Morgan fingerprint density at radius 2 is 1.89 bits per heavy atom. The molecule has 0 radical (unpaired) electrons. The van der Waals surface area contributed by atoms with E-state index in [1.165, 1.54) is 7.11 Å². The minimum Gasteiger partial charge on any atom is -0.467 e. The number of nitrogens with zero attached hydrogens (tertiary/aromatic N) is 1. The van der Waals surface area contributed by atoms with Crippen LogP contribution in [0, 0.1) is 5.92 Å². The van der Waals surface area contributed by atoms with Crippen LogP contribution < -0.4 is 0 Å². The summed E-state index contributed by atoms with van der Waals surface area (Å²) < 4.78 is 23.9. The number of methoxy groups -OCH3 is 1. The molecule has 1 aliphatic heterocycles. The number of halogens is 1.